The minimum atomic E-state index is -3.10. The number of hydrogen-bond donors (Lipinski definition) is 1. The Morgan fingerprint density at radius 1 is 1.50 bits per heavy atom. The van der Waals surface area contributed by atoms with Crippen LogP contribution in [-0.2, 0) is 9.84 Å². The molecule has 1 rings (SSSR count). The van der Waals surface area contributed by atoms with Gasteiger partial charge in [0.25, 0.3) is 0 Å². The van der Waals surface area contributed by atoms with Crippen LogP contribution in [0.4, 0.5) is 0 Å². The van der Waals surface area contributed by atoms with E-state index in [0.29, 0.717) is 4.34 Å². The van der Waals surface area contributed by atoms with E-state index in [9.17, 15) is 8.42 Å². The first-order valence-corrected chi connectivity index (χ1v) is 7.17. The van der Waals surface area contributed by atoms with E-state index in [1.807, 2.05) is 0 Å². The van der Waals surface area contributed by atoms with Crippen molar-refractivity contribution < 1.29 is 8.42 Å². The van der Waals surface area contributed by atoms with Gasteiger partial charge in [0, 0.05) is 11.1 Å². The van der Waals surface area contributed by atoms with Crippen LogP contribution in [0.1, 0.15) is 17.8 Å². The Hall–Kier alpha value is -0.100. The minimum absolute atomic E-state index is 0.498. The zero-order chi connectivity index (χ0) is 10.9. The standard InChI is InChI=1S/C8H12ClNO2S2/c1-5(14(2,11)12)8(10)6-3-4-7(9)13-6/h3-5,8H,10H2,1-2H3. The van der Waals surface area contributed by atoms with Crippen molar-refractivity contribution in [2.75, 3.05) is 6.26 Å². The molecule has 0 saturated carbocycles. The summed E-state index contributed by atoms with van der Waals surface area (Å²) in [5, 5.41) is -0.586. The average Bonchev–Trinajstić information content (AvgIpc) is 2.47. The van der Waals surface area contributed by atoms with Crippen LogP contribution in [0, 0.1) is 0 Å². The van der Waals surface area contributed by atoms with Gasteiger partial charge < -0.3 is 5.73 Å². The Morgan fingerprint density at radius 2 is 2.07 bits per heavy atom. The van der Waals surface area contributed by atoms with E-state index in [1.54, 1.807) is 19.1 Å². The van der Waals surface area contributed by atoms with Gasteiger partial charge in [-0.2, -0.15) is 0 Å². The van der Waals surface area contributed by atoms with Gasteiger partial charge in [0.05, 0.1) is 15.6 Å². The fourth-order valence-electron chi connectivity index (χ4n) is 1.01. The molecule has 2 unspecified atom stereocenters. The number of hydrogen-bond acceptors (Lipinski definition) is 4. The van der Waals surface area contributed by atoms with Gasteiger partial charge in [-0.3, -0.25) is 0 Å². The van der Waals surface area contributed by atoms with E-state index >= 15 is 0 Å². The lowest BCUT2D eigenvalue weighted by molar-refractivity contribution is 0.572. The second kappa shape index (κ2) is 4.18. The first kappa shape index (κ1) is 12.0. The van der Waals surface area contributed by atoms with E-state index in [-0.39, 0.29) is 0 Å². The van der Waals surface area contributed by atoms with E-state index < -0.39 is 21.1 Å². The van der Waals surface area contributed by atoms with Crippen LogP contribution in [0.2, 0.25) is 4.34 Å². The number of sulfone groups is 1. The largest absolute Gasteiger partial charge is 0.322 e. The van der Waals surface area contributed by atoms with Crippen molar-refractivity contribution in [2.45, 2.75) is 18.2 Å². The molecule has 0 aromatic carbocycles. The maximum absolute atomic E-state index is 11.2. The highest BCUT2D eigenvalue weighted by molar-refractivity contribution is 7.91. The fraction of sp³-hybridized carbons (Fsp3) is 0.500. The van der Waals surface area contributed by atoms with Gasteiger partial charge in [-0.15, -0.1) is 11.3 Å². The van der Waals surface area contributed by atoms with Crippen molar-refractivity contribution >= 4 is 32.8 Å². The van der Waals surface area contributed by atoms with Crippen molar-refractivity contribution in [3.8, 4) is 0 Å². The summed E-state index contributed by atoms with van der Waals surface area (Å²) >= 11 is 7.05. The number of thiophene rings is 1. The lowest BCUT2D eigenvalue weighted by Crippen LogP contribution is -2.29. The van der Waals surface area contributed by atoms with Gasteiger partial charge in [-0.25, -0.2) is 8.42 Å². The molecule has 0 radical (unpaired) electrons. The second-order valence-corrected chi connectivity index (χ2v) is 7.35. The SMILES string of the molecule is CC(C(N)c1ccc(Cl)s1)S(C)(=O)=O. The highest BCUT2D eigenvalue weighted by Gasteiger charge is 2.25. The molecule has 1 aromatic rings. The van der Waals surface area contributed by atoms with Crippen molar-refractivity contribution in [2.24, 2.45) is 5.73 Å². The topological polar surface area (TPSA) is 60.2 Å². The average molecular weight is 254 g/mol. The Bertz CT molecular complexity index is 413. The van der Waals surface area contributed by atoms with Crippen LogP contribution < -0.4 is 5.73 Å². The summed E-state index contributed by atoms with van der Waals surface area (Å²) in [5.41, 5.74) is 5.81. The van der Waals surface area contributed by atoms with Crippen LogP contribution in [0.25, 0.3) is 0 Å². The molecule has 3 nitrogen and oxygen atoms in total. The summed E-state index contributed by atoms with van der Waals surface area (Å²) in [4.78, 5) is 0.799. The molecule has 0 fully saturated rings. The molecule has 0 aliphatic rings. The van der Waals surface area contributed by atoms with E-state index in [1.165, 1.54) is 17.6 Å². The van der Waals surface area contributed by atoms with Crippen molar-refractivity contribution in [1.29, 1.82) is 0 Å². The lowest BCUT2D eigenvalue weighted by atomic mass is 10.2. The Morgan fingerprint density at radius 3 is 2.43 bits per heavy atom. The molecule has 0 aliphatic heterocycles. The highest BCUT2D eigenvalue weighted by Crippen LogP contribution is 2.29. The minimum Gasteiger partial charge on any atom is -0.322 e. The van der Waals surface area contributed by atoms with Gasteiger partial charge in [-0.1, -0.05) is 11.6 Å². The molecular weight excluding hydrogens is 242 g/mol. The Balaban J connectivity index is 2.91. The summed E-state index contributed by atoms with van der Waals surface area (Å²) < 4.78 is 23.1. The number of halogens is 1. The van der Waals surface area contributed by atoms with Gasteiger partial charge in [0.2, 0.25) is 0 Å². The van der Waals surface area contributed by atoms with Gasteiger partial charge >= 0.3 is 0 Å². The predicted octanol–water partition coefficient (Wildman–Crippen LogP) is 1.83. The second-order valence-electron chi connectivity index (χ2n) is 3.20. The molecule has 0 aliphatic carbocycles. The number of rotatable bonds is 3. The van der Waals surface area contributed by atoms with Gasteiger partial charge in [-0.05, 0) is 19.1 Å². The van der Waals surface area contributed by atoms with Crippen LogP contribution in [0.5, 0.6) is 0 Å². The quantitative estimate of drug-likeness (QED) is 0.894. The first-order chi connectivity index (χ1) is 6.32. The van der Waals surface area contributed by atoms with Crippen molar-refractivity contribution in [1.82, 2.24) is 0 Å². The van der Waals surface area contributed by atoms with Crippen LogP contribution in [-0.4, -0.2) is 19.9 Å². The highest BCUT2D eigenvalue weighted by atomic mass is 35.5. The summed E-state index contributed by atoms with van der Waals surface area (Å²) in [6, 6.07) is 2.98. The molecular formula is C8H12ClNO2S2. The summed E-state index contributed by atoms with van der Waals surface area (Å²) in [6.45, 7) is 1.60. The third-order valence-electron chi connectivity index (χ3n) is 2.10. The third-order valence-corrected chi connectivity index (χ3v) is 5.08. The van der Waals surface area contributed by atoms with Crippen molar-refractivity contribution in [3.05, 3.63) is 21.3 Å². The molecule has 0 amide bonds. The lowest BCUT2D eigenvalue weighted by Gasteiger charge is -2.16. The molecule has 2 atom stereocenters. The number of nitrogens with two attached hydrogens (primary N) is 1. The molecule has 2 N–H and O–H groups in total. The maximum Gasteiger partial charge on any atom is 0.151 e. The molecule has 0 spiro atoms. The smallest absolute Gasteiger partial charge is 0.151 e. The van der Waals surface area contributed by atoms with E-state index in [0.717, 1.165) is 4.88 Å². The molecule has 14 heavy (non-hydrogen) atoms. The van der Waals surface area contributed by atoms with E-state index in [2.05, 4.69) is 0 Å². The molecule has 0 saturated heterocycles. The summed E-state index contributed by atoms with van der Waals surface area (Å²) in [5.74, 6) is 0. The first-order valence-electron chi connectivity index (χ1n) is 4.02. The monoisotopic (exact) mass is 253 g/mol. The summed E-state index contributed by atoms with van der Waals surface area (Å²) in [7, 11) is -3.10. The third kappa shape index (κ3) is 2.70. The molecule has 1 aromatic heterocycles. The molecule has 6 heteroatoms. The maximum atomic E-state index is 11.2. The Kier molecular flexibility index (Phi) is 3.58. The zero-order valence-corrected chi connectivity index (χ0v) is 10.3. The van der Waals surface area contributed by atoms with Crippen LogP contribution in [0.15, 0.2) is 12.1 Å². The normalized spacial score (nSPS) is 16.6. The van der Waals surface area contributed by atoms with Gasteiger partial charge in [0.1, 0.15) is 0 Å². The van der Waals surface area contributed by atoms with E-state index in [4.69, 9.17) is 17.3 Å². The van der Waals surface area contributed by atoms with Crippen LogP contribution >= 0.6 is 22.9 Å². The molecule has 0 bridgehead atoms. The van der Waals surface area contributed by atoms with Crippen molar-refractivity contribution in [3.63, 3.8) is 0 Å². The predicted molar refractivity (Wildman–Crippen MR) is 60.6 cm³/mol. The Labute approximate surface area is 92.8 Å². The van der Waals surface area contributed by atoms with Gasteiger partial charge in [0.15, 0.2) is 9.84 Å². The van der Waals surface area contributed by atoms with Crippen LogP contribution in [0.3, 0.4) is 0 Å². The molecule has 80 valence electrons. The summed E-state index contributed by atoms with van der Waals surface area (Å²) in [6.07, 6.45) is 1.19. The molecule has 1 heterocycles. The zero-order valence-electron chi connectivity index (χ0n) is 7.90. The fourth-order valence-corrected chi connectivity index (χ4v) is 2.94.